The van der Waals surface area contributed by atoms with Crippen LogP contribution in [-0.4, -0.2) is 36.5 Å². The van der Waals surface area contributed by atoms with Gasteiger partial charge in [0.15, 0.2) is 5.69 Å². The van der Waals surface area contributed by atoms with Crippen molar-refractivity contribution in [2.45, 2.75) is 19.5 Å². The number of carboxylic acids is 1. The number of aryl methyl sites for hydroxylation is 1. The molecule has 0 atom stereocenters. The van der Waals surface area contributed by atoms with E-state index in [-0.39, 0.29) is 30.4 Å². The number of rotatable bonds is 7. The lowest BCUT2D eigenvalue weighted by Gasteiger charge is -2.03. The number of aromatic nitrogens is 4. The largest absolute Gasteiger partial charge is 0.476 e. The van der Waals surface area contributed by atoms with Gasteiger partial charge in [0.2, 0.25) is 5.91 Å². The van der Waals surface area contributed by atoms with Gasteiger partial charge in [-0.1, -0.05) is 12.1 Å². The van der Waals surface area contributed by atoms with Crippen LogP contribution in [0.25, 0.3) is 0 Å². The lowest BCUT2D eigenvalue weighted by atomic mass is 10.2. The molecule has 2 aromatic heterocycles. The zero-order valence-corrected chi connectivity index (χ0v) is 13.7. The number of hydrogen-bond acceptors (Lipinski definition) is 4. The molecule has 0 saturated heterocycles. The number of benzene rings is 1. The number of carboxylic acid groups (broad SMARTS) is 1. The predicted octanol–water partition coefficient (Wildman–Crippen LogP) is 1.99. The van der Waals surface area contributed by atoms with Crippen molar-refractivity contribution >= 4 is 17.6 Å². The maximum absolute atomic E-state index is 13.2. The number of amides is 1. The summed E-state index contributed by atoms with van der Waals surface area (Å²) in [4.78, 5) is 22.7. The molecule has 0 saturated carbocycles. The Morgan fingerprint density at radius 2 is 2.08 bits per heavy atom. The summed E-state index contributed by atoms with van der Waals surface area (Å²) in [6.07, 6.45) is 4.80. The van der Waals surface area contributed by atoms with Crippen LogP contribution < -0.4 is 5.32 Å². The number of hydrogen-bond donors (Lipinski definition) is 2. The molecule has 2 heterocycles. The molecule has 1 amide bonds. The van der Waals surface area contributed by atoms with Crippen molar-refractivity contribution in [3.05, 3.63) is 66.0 Å². The third-order valence-electron chi connectivity index (χ3n) is 3.58. The average Bonchev–Trinajstić information content (AvgIpc) is 3.23. The zero-order chi connectivity index (χ0) is 18.5. The molecule has 26 heavy (non-hydrogen) atoms. The van der Waals surface area contributed by atoms with Gasteiger partial charge in [0.25, 0.3) is 0 Å². The molecule has 1 aromatic carbocycles. The molecule has 0 aliphatic heterocycles. The molecular weight excluding hydrogens is 341 g/mol. The Morgan fingerprint density at radius 3 is 2.81 bits per heavy atom. The van der Waals surface area contributed by atoms with Gasteiger partial charge in [-0.25, -0.2) is 9.18 Å². The smallest absolute Gasteiger partial charge is 0.356 e. The van der Waals surface area contributed by atoms with Crippen molar-refractivity contribution in [3.63, 3.8) is 0 Å². The molecule has 0 unspecified atom stereocenters. The zero-order valence-electron chi connectivity index (χ0n) is 13.7. The van der Waals surface area contributed by atoms with Gasteiger partial charge in [0.1, 0.15) is 5.82 Å². The molecule has 3 rings (SSSR count). The summed E-state index contributed by atoms with van der Waals surface area (Å²) in [5, 5.41) is 19.5. The molecular formula is C17H16FN5O3. The molecule has 0 aliphatic carbocycles. The third-order valence-corrected chi connectivity index (χ3v) is 3.58. The summed E-state index contributed by atoms with van der Waals surface area (Å²) in [7, 11) is 0. The van der Waals surface area contributed by atoms with Crippen LogP contribution in [0.3, 0.4) is 0 Å². The van der Waals surface area contributed by atoms with E-state index in [0.717, 1.165) is 5.56 Å². The lowest BCUT2D eigenvalue weighted by Crippen LogP contribution is -2.14. The Hall–Kier alpha value is -3.49. The summed E-state index contributed by atoms with van der Waals surface area (Å²) in [6, 6.07) is 7.59. The van der Waals surface area contributed by atoms with Gasteiger partial charge in [-0.3, -0.25) is 14.2 Å². The van der Waals surface area contributed by atoms with Crippen LogP contribution in [0.4, 0.5) is 10.1 Å². The number of carbonyl (C=O) groups excluding carboxylic acids is 1. The van der Waals surface area contributed by atoms with E-state index in [1.165, 1.54) is 35.3 Å². The van der Waals surface area contributed by atoms with Crippen LogP contribution in [0.2, 0.25) is 0 Å². The minimum absolute atomic E-state index is 0.0657. The molecule has 0 bridgehead atoms. The molecule has 0 aliphatic rings. The Morgan fingerprint density at radius 1 is 1.23 bits per heavy atom. The van der Waals surface area contributed by atoms with Gasteiger partial charge in [-0.15, -0.1) is 0 Å². The lowest BCUT2D eigenvalue weighted by molar-refractivity contribution is -0.116. The first-order chi connectivity index (χ1) is 12.5. The van der Waals surface area contributed by atoms with Gasteiger partial charge in [0.05, 0.1) is 18.4 Å². The summed E-state index contributed by atoms with van der Waals surface area (Å²) in [5.74, 6) is -1.67. The first kappa shape index (κ1) is 17.3. The van der Waals surface area contributed by atoms with Gasteiger partial charge >= 0.3 is 5.97 Å². The van der Waals surface area contributed by atoms with E-state index in [1.807, 2.05) is 0 Å². The molecule has 134 valence electrons. The van der Waals surface area contributed by atoms with Crippen LogP contribution >= 0.6 is 0 Å². The van der Waals surface area contributed by atoms with Gasteiger partial charge < -0.3 is 10.4 Å². The molecule has 9 heteroatoms. The highest BCUT2D eigenvalue weighted by Crippen LogP contribution is 2.10. The van der Waals surface area contributed by atoms with Crippen molar-refractivity contribution in [1.29, 1.82) is 0 Å². The molecule has 8 nitrogen and oxygen atoms in total. The van der Waals surface area contributed by atoms with Crippen molar-refractivity contribution in [2.24, 2.45) is 0 Å². The van der Waals surface area contributed by atoms with Crippen LogP contribution in [0.1, 0.15) is 22.5 Å². The average molecular weight is 357 g/mol. The minimum Gasteiger partial charge on any atom is -0.476 e. The summed E-state index contributed by atoms with van der Waals surface area (Å²) < 4.78 is 16.2. The summed E-state index contributed by atoms with van der Waals surface area (Å²) in [6.45, 7) is 0.648. The Kier molecular flexibility index (Phi) is 5.07. The van der Waals surface area contributed by atoms with E-state index in [4.69, 9.17) is 5.11 Å². The molecule has 0 radical (unpaired) electrons. The quantitative estimate of drug-likeness (QED) is 0.673. The van der Waals surface area contributed by atoms with Crippen molar-refractivity contribution in [3.8, 4) is 0 Å². The van der Waals surface area contributed by atoms with Gasteiger partial charge in [-0.05, 0) is 23.8 Å². The highest BCUT2D eigenvalue weighted by atomic mass is 19.1. The molecule has 0 spiro atoms. The molecule has 2 N–H and O–H groups in total. The number of halogens is 1. The SMILES string of the molecule is O=C(CCn1ccc(C(=O)O)n1)Nc1cnn(Cc2cccc(F)c2)c1. The van der Waals surface area contributed by atoms with Gasteiger partial charge in [-0.2, -0.15) is 10.2 Å². The van der Waals surface area contributed by atoms with E-state index < -0.39 is 5.97 Å². The number of carbonyl (C=O) groups is 2. The van der Waals surface area contributed by atoms with Crippen LogP contribution in [-0.2, 0) is 17.9 Å². The fourth-order valence-electron chi connectivity index (χ4n) is 2.38. The summed E-state index contributed by atoms with van der Waals surface area (Å²) >= 11 is 0. The van der Waals surface area contributed by atoms with Gasteiger partial charge in [0, 0.05) is 25.4 Å². The second-order valence-electron chi connectivity index (χ2n) is 5.62. The van der Waals surface area contributed by atoms with E-state index in [9.17, 15) is 14.0 Å². The Bertz CT molecular complexity index is 934. The number of anilines is 1. The molecule has 3 aromatic rings. The normalized spacial score (nSPS) is 10.7. The first-order valence-electron chi connectivity index (χ1n) is 7.83. The fourth-order valence-corrected chi connectivity index (χ4v) is 2.38. The minimum atomic E-state index is -1.11. The number of aromatic carboxylic acids is 1. The number of nitrogens with one attached hydrogen (secondary N) is 1. The highest BCUT2D eigenvalue weighted by molar-refractivity contribution is 5.90. The second-order valence-corrected chi connectivity index (χ2v) is 5.62. The van der Waals surface area contributed by atoms with E-state index >= 15 is 0 Å². The highest BCUT2D eigenvalue weighted by Gasteiger charge is 2.09. The Labute approximate surface area is 147 Å². The van der Waals surface area contributed by atoms with Crippen LogP contribution in [0.15, 0.2) is 48.9 Å². The third kappa shape index (κ3) is 4.53. The van der Waals surface area contributed by atoms with Crippen molar-refractivity contribution < 1.29 is 19.1 Å². The Balaban J connectivity index is 1.51. The topological polar surface area (TPSA) is 102 Å². The summed E-state index contributed by atoms with van der Waals surface area (Å²) in [5.41, 5.74) is 1.22. The number of nitrogens with zero attached hydrogens (tertiary/aromatic N) is 4. The standard InChI is InChI=1S/C17H16FN5O3/c18-13-3-1-2-12(8-13)10-23-11-14(9-19-23)20-16(24)5-7-22-6-4-15(21-22)17(25)26/h1-4,6,8-9,11H,5,7,10H2,(H,20,24)(H,25,26). The molecule has 0 fully saturated rings. The second kappa shape index (κ2) is 7.60. The van der Waals surface area contributed by atoms with Crippen LogP contribution in [0, 0.1) is 5.82 Å². The van der Waals surface area contributed by atoms with Crippen molar-refractivity contribution in [1.82, 2.24) is 19.6 Å². The first-order valence-corrected chi connectivity index (χ1v) is 7.83. The van der Waals surface area contributed by atoms with E-state index in [0.29, 0.717) is 12.2 Å². The van der Waals surface area contributed by atoms with E-state index in [2.05, 4.69) is 15.5 Å². The van der Waals surface area contributed by atoms with Crippen LogP contribution in [0.5, 0.6) is 0 Å². The maximum atomic E-state index is 13.2. The maximum Gasteiger partial charge on any atom is 0.356 e. The van der Waals surface area contributed by atoms with Crippen molar-refractivity contribution in [2.75, 3.05) is 5.32 Å². The van der Waals surface area contributed by atoms with E-state index in [1.54, 1.807) is 23.0 Å². The fraction of sp³-hybridized carbons (Fsp3) is 0.176. The predicted molar refractivity (Wildman–Crippen MR) is 90.2 cm³/mol. The monoisotopic (exact) mass is 357 g/mol.